The lowest BCUT2D eigenvalue weighted by Crippen LogP contribution is -2.12. The SMILES string of the molecule is O=C(Nc1ccc(NC(=O)c2cccs2)cc1)c1ccc([N+](=O)[O-])cc1. The summed E-state index contributed by atoms with van der Waals surface area (Å²) in [5.74, 6) is -0.571. The van der Waals surface area contributed by atoms with E-state index in [1.807, 2.05) is 5.38 Å². The maximum atomic E-state index is 12.2. The van der Waals surface area contributed by atoms with Crippen LogP contribution in [-0.4, -0.2) is 16.7 Å². The van der Waals surface area contributed by atoms with Gasteiger partial charge in [-0.2, -0.15) is 0 Å². The molecule has 2 aromatic carbocycles. The summed E-state index contributed by atoms with van der Waals surface area (Å²) in [4.78, 5) is 34.9. The average molecular weight is 367 g/mol. The molecule has 26 heavy (non-hydrogen) atoms. The first-order chi connectivity index (χ1) is 12.5. The molecule has 0 aliphatic heterocycles. The van der Waals surface area contributed by atoms with E-state index < -0.39 is 4.92 Å². The number of carbonyl (C=O) groups is 2. The zero-order valence-corrected chi connectivity index (χ0v) is 14.2. The molecule has 2 N–H and O–H groups in total. The first kappa shape index (κ1) is 17.3. The molecule has 0 fully saturated rings. The van der Waals surface area contributed by atoms with Gasteiger partial charge in [0.1, 0.15) is 0 Å². The zero-order chi connectivity index (χ0) is 18.5. The molecule has 0 saturated carbocycles. The van der Waals surface area contributed by atoms with E-state index in [2.05, 4.69) is 10.6 Å². The Balaban J connectivity index is 1.62. The number of thiophene rings is 1. The second-order valence-electron chi connectivity index (χ2n) is 5.27. The number of non-ortho nitro benzene ring substituents is 1. The highest BCUT2D eigenvalue weighted by Gasteiger charge is 2.10. The predicted molar refractivity (Wildman–Crippen MR) is 99.8 cm³/mol. The third kappa shape index (κ3) is 4.11. The van der Waals surface area contributed by atoms with Crippen molar-refractivity contribution in [3.8, 4) is 0 Å². The van der Waals surface area contributed by atoms with Gasteiger partial charge >= 0.3 is 0 Å². The molecule has 0 spiro atoms. The first-order valence-electron chi connectivity index (χ1n) is 7.53. The molecule has 1 heterocycles. The van der Waals surface area contributed by atoms with Gasteiger partial charge in [0.05, 0.1) is 9.80 Å². The molecule has 0 bridgehead atoms. The van der Waals surface area contributed by atoms with Crippen LogP contribution in [0.4, 0.5) is 17.1 Å². The van der Waals surface area contributed by atoms with Crippen molar-refractivity contribution in [1.29, 1.82) is 0 Å². The molecule has 0 radical (unpaired) electrons. The monoisotopic (exact) mass is 367 g/mol. The van der Waals surface area contributed by atoms with Crippen LogP contribution in [0, 0.1) is 10.1 Å². The van der Waals surface area contributed by atoms with Crippen molar-refractivity contribution in [2.45, 2.75) is 0 Å². The van der Waals surface area contributed by atoms with Crippen LogP contribution in [0.2, 0.25) is 0 Å². The molecule has 7 nitrogen and oxygen atoms in total. The third-order valence-electron chi connectivity index (χ3n) is 3.49. The molecule has 3 rings (SSSR count). The number of benzene rings is 2. The maximum absolute atomic E-state index is 12.2. The van der Waals surface area contributed by atoms with Crippen molar-refractivity contribution in [2.75, 3.05) is 10.6 Å². The summed E-state index contributed by atoms with van der Waals surface area (Å²) in [6, 6.07) is 15.5. The molecular formula is C18H13N3O4S. The summed E-state index contributed by atoms with van der Waals surface area (Å²) in [7, 11) is 0. The fourth-order valence-corrected chi connectivity index (χ4v) is 2.79. The second kappa shape index (κ2) is 7.58. The van der Waals surface area contributed by atoms with Crippen LogP contribution in [-0.2, 0) is 0 Å². The molecule has 3 aromatic rings. The Bertz CT molecular complexity index is 936. The molecule has 0 aliphatic carbocycles. The minimum atomic E-state index is -0.523. The predicted octanol–water partition coefficient (Wildman–Crippen LogP) is 4.16. The molecule has 0 unspecified atom stereocenters. The number of anilines is 2. The molecule has 2 amide bonds. The van der Waals surface area contributed by atoms with E-state index in [-0.39, 0.29) is 17.5 Å². The topological polar surface area (TPSA) is 101 Å². The Labute approximate surface area is 152 Å². The summed E-state index contributed by atoms with van der Waals surface area (Å²) >= 11 is 1.35. The van der Waals surface area contributed by atoms with Gasteiger partial charge in [0.2, 0.25) is 0 Å². The van der Waals surface area contributed by atoms with Gasteiger partial charge in [-0.05, 0) is 47.8 Å². The Morgan fingerprint density at radius 1 is 0.846 bits per heavy atom. The first-order valence-corrected chi connectivity index (χ1v) is 8.41. The van der Waals surface area contributed by atoms with E-state index in [0.29, 0.717) is 21.8 Å². The van der Waals surface area contributed by atoms with E-state index in [1.165, 1.54) is 35.6 Å². The van der Waals surface area contributed by atoms with E-state index in [4.69, 9.17) is 0 Å². The Hall–Kier alpha value is -3.52. The quantitative estimate of drug-likeness (QED) is 0.522. The van der Waals surface area contributed by atoms with Gasteiger partial charge in [-0.3, -0.25) is 19.7 Å². The van der Waals surface area contributed by atoms with Gasteiger partial charge in [-0.25, -0.2) is 0 Å². The van der Waals surface area contributed by atoms with Crippen molar-refractivity contribution in [2.24, 2.45) is 0 Å². The summed E-state index contributed by atoms with van der Waals surface area (Å²) in [5.41, 5.74) is 1.39. The van der Waals surface area contributed by atoms with Crippen LogP contribution < -0.4 is 10.6 Å². The number of hydrogen-bond acceptors (Lipinski definition) is 5. The number of amides is 2. The van der Waals surface area contributed by atoms with Crippen molar-refractivity contribution >= 4 is 40.2 Å². The van der Waals surface area contributed by atoms with E-state index in [1.54, 1.807) is 36.4 Å². The number of nitrogens with one attached hydrogen (secondary N) is 2. The fraction of sp³-hybridized carbons (Fsp3) is 0. The third-order valence-corrected chi connectivity index (χ3v) is 4.35. The van der Waals surface area contributed by atoms with Gasteiger partial charge in [-0.15, -0.1) is 11.3 Å². The molecule has 0 saturated heterocycles. The molecular weight excluding hydrogens is 354 g/mol. The maximum Gasteiger partial charge on any atom is 0.269 e. The lowest BCUT2D eigenvalue weighted by molar-refractivity contribution is -0.384. The molecule has 1 aromatic heterocycles. The minimum Gasteiger partial charge on any atom is -0.322 e. The van der Waals surface area contributed by atoms with Crippen LogP contribution in [0.15, 0.2) is 66.0 Å². The smallest absolute Gasteiger partial charge is 0.269 e. The number of nitrogens with zero attached hydrogens (tertiary/aromatic N) is 1. The summed E-state index contributed by atoms with van der Waals surface area (Å²) < 4.78 is 0. The molecule has 0 aliphatic rings. The summed E-state index contributed by atoms with van der Waals surface area (Å²) in [6.45, 7) is 0. The Kier molecular flexibility index (Phi) is 5.04. The normalized spacial score (nSPS) is 10.2. The van der Waals surface area contributed by atoms with Crippen LogP contribution in [0.3, 0.4) is 0 Å². The van der Waals surface area contributed by atoms with Crippen LogP contribution >= 0.6 is 11.3 Å². The largest absolute Gasteiger partial charge is 0.322 e. The van der Waals surface area contributed by atoms with Crippen LogP contribution in [0.25, 0.3) is 0 Å². The summed E-state index contributed by atoms with van der Waals surface area (Å²) in [5, 5.41) is 17.9. The van der Waals surface area contributed by atoms with Crippen LogP contribution in [0.5, 0.6) is 0 Å². The average Bonchev–Trinajstić information content (AvgIpc) is 3.18. The van der Waals surface area contributed by atoms with Gasteiger partial charge in [0.15, 0.2) is 0 Å². The van der Waals surface area contributed by atoms with E-state index in [0.717, 1.165) is 0 Å². The lowest BCUT2D eigenvalue weighted by Gasteiger charge is -2.07. The highest BCUT2D eigenvalue weighted by molar-refractivity contribution is 7.12. The molecule has 8 heteroatoms. The van der Waals surface area contributed by atoms with Gasteiger partial charge in [-0.1, -0.05) is 6.07 Å². The number of hydrogen-bond donors (Lipinski definition) is 2. The standard InChI is InChI=1S/C18H13N3O4S/c22-17(12-3-9-15(10-4-12)21(24)25)19-13-5-7-14(8-6-13)20-18(23)16-2-1-11-26-16/h1-11H,(H,19,22)(H,20,23). The highest BCUT2D eigenvalue weighted by atomic mass is 32.1. The molecule has 130 valence electrons. The zero-order valence-electron chi connectivity index (χ0n) is 13.3. The number of nitro benzene ring substituents is 1. The van der Waals surface area contributed by atoms with E-state index in [9.17, 15) is 19.7 Å². The fourth-order valence-electron chi connectivity index (χ4n) is 2.18. The van der Waals surface area contributed by atoms with Crippen molar-refractivity contribution < 1.29 is 14.5 Å². The van der Waals surface area contributed by atoms with Gasteiger partial charge in [0, 0.05) is 29.1 Å². The number of nitro groups is 1. The van der Waals surface area contributed by atoms with Crippen molar-refractivity contribution in [3.63, 3.8) is 0 Å². The highest BCUT2D eigenvalue weighted by Crippen LogP contribution is 2.18. The minimum absolute atomic E-state index is 0.0765. The van der Waals surface area contributed by atoms with Crippen molar-refractivity contribution in [1.82, 2.24) is 0 Å². The van der Waals surface area contributed by atoms with Crippen molar-refractivity contribution in [3.05, 3.63) is 86.6 Å². The summed E-state index contributed by atoms with van der Waals surface area (Å²) in [6.07, 6.45) is 0. The molecule has 0 atom stereocenters. The number of rotatable bonds is 5. The van der Waals surface area contributed by atoms with E-state index >= 15 is 0 Å². The number of carbonyl (C=O) groups excluding carboxylic acids is 2. The lowest BCUT2D eigenvalue weighted by atomic mass is 10.2. The Morgan fingerprint density at radius 2 is 1.42 bits per heavy atom. The van der Waals surface area contributed by atoms with Gasteiger partial charge < -0.3 is 10.6 Å². The second-order valence-corrected chi connectivity index (χ2v) is 6.21. The van der Waals surface area contributed by atoms with Crippen LogP contribution in [0.1, 0.15) is 20.0 Å². The Morgan fingerprint density at radius 3 is 1.92 bits per heavy atom. The van der Waals surface area contributed by atoms with Gasteiger partial charge in [0.25, 0.3) is 17.5 Å².